The zero-order valence-corrected chi connectivity index (χ0v) is 12.6. The van der Waals surface area contributed by atoms with Crippen LogP contribution >= 0.6 is 15.9 Å². The molecule has 0 saturated carbocycles. The largest absolute Gasteiger partial charge is 0.417 e. The number of oxazole rings is 1. The second-order valence-corrected chi connectivity index (χ2v) is 5.86. The van der Waals surface area contributed by atoms with Crippen LogP contribution in [0, 0.1) is 0 Å². The Bertz CT molecular complexity index is 776. The van der Waals surface area contributed by atoms with Crippen LogP contribution in [0.25, 0.3) is 11.1 Å². The number of nitrogens with one attached hydrogen (secondary N) is 1. The Morgan fingerprint density at radius 3 is 2.60 bits per heavy atom. The number of benzene rings is 2. The molecule has 2 atom stereocenters. The van der Waals surface area contributed by atoms with Crippen molar-refractivity contribution in [1.29, 1.82) is 0 Å². The van der Waals surface area contributed by atoms with E-state index in [0.29, 0.717) is 11.5 Å². The van der Waals surface area contributed by atoms with Crippen molar-refractivity contribution in [2.75, 3.05) is 0 Å². The Labute approximate surface area is 124 Å². The van der Waals surface area contributed by atoms with Gasteiger partial charge in [-0.15, -0.1) is 0 Å². The van der Waals surface area contributed by atoms with Crippen LogP contribution in [0.4, 0.5) is 0 Å². The third kappa shape index (κ3) is 2.43. The van der Waals surface area contributed by atoms with Gasteiger partial charge in [0.05, 0.1) is 5.52 Å². The van der Waals surface area contributed by atoms with E-state index < -0.39 is 5.76 Å². The zero-order valence-electron chi connectivity index (χ0n) is 11.0. The molecule has 2 aromatic carbocycles. The van der Waals surface area contributed by atoms with Crippen molar-refractivity contribution in [3.8, 4) is 0 Å². The predicted molar refractivity (Wildman–Crippen MR) is 83.4 cm³/mol. The normalized spacial score (nSPS) is 14.3. The molecule has 0 aliphatic rings. The summed E-state index contributed by atoms with van der Waals surface area (Å²) in [4.78, 5) is 14.0. The minimum atomic E-state index is -0.417. The number of aromatic amines is 1. The fourth-order valence-electron chi connectivity index (χ4n) is 2.35. The molecular weight excluding hydrogens is 318 g/mol. The highest BCUT2D eigenvalue weighted by Crippen LogP contribution is 2.38. The molecule has 3 nitrogen and oxygen atoms in total. The quantitative estimate of drug-likeness (QED) is 0.724. The molecule has 0 amide bonds. The van der Waals surface area contributed by atoms with Crippen molar-refractivity contribution in [3.05, 3.63) is 70.2 Å². The minimum Gasteiger partial charge on any atom is -0.408 e. The van der Waals surface area contributed by atoms with Gasteiger partial charge in [0, 0.05) is 4.83 Å². The van der Waals surface area contributed by atoms with Crippen LogP contribution in [0.2, 0.25) is 0 Å². The molecule has 0 aliphatic carbocycles. The topological polar surface area (TPSA) is 46.0 Å². The van der Waals surface area contributed by atoms with Gasteiger partial charge in [0.2, 0.25) is 0 Å². The number of hydrogen-bond donors (Lipinski definition) is 1. The Morgan fingerprint density at radius 2 is 1.85 bits per heavy atom. The summed E-state index contributed by atoms with van der Waals surface area (Å²) in [5.74, 6) is -0.0984. The molecule has 0 radical (unpaired) electrons. The van der Waals surface area contributed by atoms with Crippen molar-refractivity contribution >= 4 is 27.0 Å². The number of fused-ring (bicyclic) bond motifs is 1. The summed E-state index contributed by atoms with van der Waals surface area (Å²) in [6, 6.07) is 16.1. The van der Waals surface area contributed by atoms with Gasteiger partial charge >= 0.3 is 5.76 Å². The summed E-state index contributed by atoms with van der Waals surface area (Å²) >= 11 is 3.75. The number of alkyl halides is 1. The van der Waals surface area contributed by atoms with Gasteiger partial charge in [-0.1, -0.05) is 59.3 Å². The van der Waals surface area contributed by atoms with Gasteiger partial charge in [-0.2, -0.15) is 0 Å². The minimum absolute atomic E-state index is 0.162. The first-order valence-electron chi connectivity index (χ1n) is 6.47. The molecule has 0 bridgehead atoms. The highest BCUT2D eigenvalue weighted by Gasteiger charge is 2.18. The van der Waals surface area contributed by atoms with Gasteiger partial charge in [0.25, 0.3) is 0 Å². The van der Waals surface area contributed by atoms with E-state index in [0.717, 1.165) is 11.1 Å². The van der Waals surface area contributed by atoms with Gasteiger partial charge in [-0.3, -0.25) is 4.98 Å². The van der Waals surface area contributed by atoms with Crippen LogP contribution in [0.3, 0.4) is 0 Å². The number of halogens is 1. The summed E-state index contributed by atoms with van der Waals surface area (Å²) in [5.41, 5.74) is 3.68. The van der Waals surface area contributed by atoms with E-state index in [9.17, 15) is 4.79 Å². The van der Waals surface area contributed by atoms with Crippen LogP contribution in [-0.2, 0) is 0 Å². The zero-order chi connectivity index (χ0) is 14.1. The first-order chi connectivity index (χ1) is 9.65. The van der Waals surface area contributed by atoms with E-state index in [2.05, 4.69) is 40.0 Å². The highest BCUT2D eigenvalue weighted by atomic mass is 79.9. The molecular formula is C16H14BrNO2. The molecule has 0 fully saturated rings. The Kier molecular flexibility index (Phi) is 3.49. The lowest BCUT2D eigenvalue weighted by atomic mass is 9.93. The van der Waals surface area contributed by atoms with E-state index in [1.165, 1.54) is 5.56 Å². The van der Waals surface area contributed by atoms with Crippen LogP contribution in [0.5, 0.6) is 0 Å². The first kappa shape index (κ1) is 13.2. The summed E-state index contributed by atoms with van der Waals surface area (Å²) < 4.78 is 5.11. The molecule has 0 spiro atoms. The summed E-state index contributed by atoms with van der Waals surface area (Å²) in [5, 5.41) is 0. The predicted octanol–water partition coefficient (Wildman–Crippen LogP) is 4.36. The first-order valence-corrected chi connectivity index (χ1v) is 7.38. The van der Waals surface area contributed by atoms with E-state index in [1.54, 1.807) is 0 Å². The molecule has 1 aromatic heterocycles. The van der Waals surface area contributed by atoms with Gasteiger partial charge < -0.3 is 4.42 Å². The lowest BCUT2D eigenvalue weighted by Crippen LogP contribution is -2.01. The second kappa shape index (κ2) is 5.29. The van der Waals surface area contributed by atoms with Crippen molar-refractivity contribution in [3.63, 3.8) is 0 Å². The molecule has 1 heterocycles. The Hall–Kier alpha value is -1.81. The maximum Gasteiger partial charge on any atom is 0.417 e. The monoisotopic (exact) mass is 331 g/mol. The van der Waals surface area contributed by atoms with Crippen LogP contribution in [0.15, 0.2) is 57.7 Å². The standard InChI is InChI=1S/C16H14BrNO2/c1-10(11-5-3-2-4-6-11)15(17)12-7-8-13-14(9-12)20-16(19)18-13/h2-10,15H,1H3,(H,18,19). The average Bonchev–Trinajstić information content (AvgIpc) is 2.85. The van der Waals surface area contributed by atoms with Gasteiger partial charge in [-0.05, 0) is 29.2 Å². The molecule has 3 rings (SSSR count). The van der Waals surface area contributed by atoms with Gasteiger partial charge in [0.1, 0.15) is 0 Å². The van der Waals surface area contributed by atoms with E-state index in [1.807, 2.05) is 36.4 Å². The molecule has 1 N–H and O–H groups in total. The second-order valence-electron chi connectivity index (χ2n) is 4.87. The van der Waals surface area contributed by atoms with Crippen molar-refractivity contribution < 1.29 is 4.42 Å². The Morgan fingerprint density at radius 1 is 1.10 bits per heavy atom. The van der Waals surface area contributed by atoms with E-state index in [4.69, 9.17) is 4.42 Å². The third-order valence-corrected chi connectivity index (χ3v) is 4.85. The number of rotatable bonds is 3. The average molecular weight is 332 g/mol. The number of aromatic nitrogens is 1. The SMILES string of the molecule is CC(c1ccccc1)C(Br)c1ccc2[nH]c(=O)oc2c1. The molecule has 0 aliphatic heterocycles. The lowest BCUT2D eigenvalue weighted by molar-refractivity contribution is 0.555. The highest BCUT2D eigenvalue weighted by molar-refractivity contribution is 9.09. The van der Waals surface area contributed by atoms with Crippen LogP contribution in [-0.4, -0.2) is 4.98 Å². The van der Waals surface area contributed by atoms with E-state index in [-0.39, 0.29) is 4.83 Å². The molecule has 20 heavy (non-hydrogen) atoms. The fourth-order valence-corrected chi connectivity index (χ4v) is 2.94. The van der Waals surface area contributed by atoms with Crippen molar-refractivity contribution in [2.45, 2.75) is 17.7 Å². The molecule has 4 heteroatoms. The number of H-pyrrole nitrogens is 1. The molecule has 102 valence electrons. The maximum absolute atomic E-state index is 11.2. The molecule has 3 aromatic rings. The molecule has 2 unspecified atom stereocenters. The summed E-state index contributed by atoms with van der Waals surface area (Å²) in [6.07, 6.45) is 0. The van der Waals surface area contributed by atoms with Crippen LogP contribution in [0.1, 0.15) is 28.8 Å². The smallest absolute Gasteiger partial charge is 0.408 e. The molecule has 0 saturated heterocycles. The maximum atomic E-state index is 11.2. The van der Waals surface area contributed by atoms with Crippen LogP contribution < -0.4 is 5.76 Å². The van der Waals surface area contributed by atoms with E-state index >= 15 is 0 Å². The Balaban J connectivity index is 1.95. The van der Waals surface area contributed by atoms with Crippen molar-refractivity contribution in [1.82, 2.24) is 4.98 Å². The fraction of sp³-hybridized carbons (Fsp3) is 0.188. The summed E-state index contributed by atoms with van der Waals surface area (Å²) in [7, 11) is 0. The van der Waals surface area contributed by atoms with Crippen molar-refractivity contribution in [2.24, 2.45) is 0 Å². The van der Waals surface area contributed by atoms with Gasteiger partial charge in [-0.25, -0.2) is 4.79 Å². The van der Waals surface area contributed by atoms with Gasteiger partial charge in [0.15, 0.2) is 5.58 Å². The summed E-state index contributed by atoms with van der Waals surface area (Å²) in [6.45, 7) is 2.17. The third-order valence-electron chi connectivity index (χ3n) is 3.53. The number of hydrogen-bond acceptors (Lipinski definition) is 2. The lowest BCUT2D eigenvalue weighted by Gasteiger charge is -2.19.